The smallest absolute Gasteiger partial charge is 0.235 e. The summed E-state index contributed by atoms with van der Waals surface area (Å²) in [5.41, 5.74) is 4.63. The Hall–Kier alpha value is -3.31. The molecule has 11 heteroatoms. The van der Waals surface area contributed by atoms with E-state index in [0.29, 0.717) is 49.0 Å². The average Bonchev–Trinajstić information content (AvgIpc) is 3.70. The fourth-order valence-corrected chi connectivity index (χ4v) is 8.25. The number of aromatic nitrogens is 5. The first kappa shape index (κ1) is 24.7. The van der Waals surface area contributed by atoms with E-state index in [1.165, 1.54) is 4.31 Å². The van der Waals surface area contributed by atoms with Crippen LogP contribution in [0.15, 0.2) is 49.1 Å². The molecule has 4 aromatic rings. The van der Waals surface area contributed by atoms with Crippen molar-refractivity contribution in [3.8, 4) is 11.4 Å². The normalized spacial score (nSPS) is 26.3. The lowest BCUT2D eigenvalue weighted by Gasteiger charge is -2.43. The first-order valence-electron chi connectivity index (χ1n) is 13.6. The van der Waals surface area contributed by atoms with Crippen molar-refractivity contribution in [3.63, 3.8) is 0 Å². The average molecular weight is 550 g/mol. The van der Waals surface area contributed by atoms with Gasteiger partial charge < -0.3 is 10.3 Å². The highest BCUT2D eigenvalue weighted by atomic mass is 32.2. The van der Waals surface area contributed by atoms with Gasteiger partial charge in [-0.1, -0.05) is 12.1 Å². The highest BCUT2D eigenvalue weighted by Gasteiger charge is 2.58. The molecule has 2 N–H and O–H groups in total. The summed E-state index contributed by atoms with van der Waals surface area (Å²) in [5.74, 6) is 0.953. The summed E-state index contributed by atoms with van der Waals surface area (Å²) in [5, 5.41) is 9.40. The minimum atomic E-state index is -3.28. The van der Waals surface area contributed by atoms with Crippen LogP contribution in [0.5, 0.6) is 0 Å². The highest BCUT2D eigenvalue weighted by Crippen LogP contribution is 2.61. The molecule has 3 aliphatic carbocycles. The number of H-pyrrole nitrogens is 1. The zero-order valence-electron chi connectivity index (χ0n) is 21.8. The maximum Gasteiger partial charge on any atom is 0.235 e. The first-order chi connectivity index (χ1) is 18.8. The maximum atomic E-state index is 14.0. The first-order valence-corrected chi connectivity index (χ1v) is 15.2. The lowest BCUT2D eigenvalue weighted by atomic mass is 9.65. The molecule has 9 nitrogen and oxygen atoms in total. The molecule has 4 fully saturated rings. The number of alkyl halides is 1. The van der Waals surface area contributed by atoms with Crippen LogP contribution < -0.4 is 9.62 Å². The molecule has 2 bridgehead atoms. The molecule has 204 valence electrons. The monoisotopic (exact) mass is 549 g/mol. The van der Waals surface area contributed by atoms with Gasteiger partial charge in [0.25, 0.3) is 0 Å². The highest BCUT2D eigenvalue weighted by molar-refractivity contribution is 7.93. The van der Waals surface area contributed by atoms with Crippen molar-refractivity contribution >= 4 is 26.6 Å². The lowest BCUT2D eigenvalue weighted by Crippen LogP contribution is -2.46. The summed E-state index contributed by atoms with van der Waals surface area (Å²) in [7, 11) is -3.28. The molecule has 4 heterocycles. The Labute approximate surface area is 226 Å². The summed E-state index contributed by atoms with van der Waals surface area (Å²) in [6, 6.07) is 10.6. The molecular weight excluding hydrogens is 517 g/mol. The molecule has 1 aromatic carbocycles. The van der Waals surface area contributed by atoms with Crippen molar-refractivity contribution in [2.75, 3.05) is 16.6 Å². The second-order valence-electron chi connectivity index (χ2n) is 11.5. The van der Waals surface area contributed by atoms with E-state index in [1.54, 1.807) is 29.5 Å². The number of fused-ring (bicyclic) bond motifs is 2. The Balaban J connectivity index is 1.02. The Kier molecular flexibility index (Phi) is 5.78. The van der Waals surface area contributed by atoms with Crippen LogP contribution in [0.2, 0.25) is 0 Å². The Morgan fingerprint density at radius 3 is 2.85 bits per heavy atom. The molecule has 4 aliphatic rings. The van der Waals surface area contributed by atoms with Gasteiger partial charge in [0, 0.05) is 42.1 Å². The van der Waals surface area contributed by atoms with E-state index >= 15 is 0 Å². The van der Waals surface area contributed by atoms with Gasteiger partial charge in [0.2, 0.25) is 10.0 Å². The van der Waals surface area contributed by atoms with E-state index in [1.807, 2.05) is 0 Å². The van der Waals surface area contributed by atoms with Crippen molar-refractivity contribution in [1.29, 1.82) is 0 Å². The molecule has 3 aromatic heterocycles. The van der Waals surface area contributed by atoms with Crippen LogP contribution in [0.4, 0.5) is 10.1 Å². The van der Waals surface area contributed by atoms with E-state index in [2.05, 4.69) is 56.6 Å². The molecule has 0 amide bonds. The number of rotatable bonds is 8. The summed E-state index contributed by atoms with van der Waals surface area (Å²) in [6.45, 7) is 3.94. The number of aromatic amines is 1. The minimum absolute atomic E-state index is 0.142. The molecule has 3 saturated carbocycles. The number of halogens is 1. The Morgan fingerprint density at radius 1 is 1.21 bits per heavy atom. The Morgan fingerprint density at radius 2 is 2.08 bits per heavy atom. The predicted octanol–water partition coefficient (Wildman–Crippen LogP) is 4.03. The van der Waals surface area contributed by atoms with Crippen molar-refractivity contribution in [2.45, 2.75) is 57.9 Å². The minimum Gasteiger partial charge on any atom is -0.357 e. The molecular formula is C28H32FN7O2S. The summed E-state index contributed by atoms with van der Waals surface area (Å²) >= 11 is 0. The number of benzene rings is 1. The number of nitrogens with zero attached hydrogens (tertiary/aromatic N) is 5. The third-order valence-electron chi connectivity index (χ3n) is 8.96. The van der Waals surface area contributed by atoms with Crippen LogP contribution in [0.3, 0.4) is 0 Å². The van der Waals surface area contributed by atoms with Gasteiger partial charge >= 0.3 is 0 Å². The quantitative estimate of drug-likeness (QED) is 0.344. The van der Waals surface area contributed by atoms with Gasteiger partial charge in [-0.3, -0.25) is 9.29 Å². The zero-order valence-corrected chi connectivity index (χ0v) is 22.7. The van der Waals surface area contributed by atoms with Crippen LogP contribution in [0.1, 0.15) is 43.9 Å². The molecule has 0 radical (unpaired) electrons. The van der Waals surface area contributed by atoms with Gasteiger partial charge in [0.05, 0.1) is 24.2 Å². The molecule has 2 atom stereocenters. The van der Waals surface area contributed by atoms with Crippen molar-refractivity contribution < 1.29 is 12.8 Å². The topological polar surface area (TPSA) is 109 Å². The molecule has 2 unspecified atom stereocenters. The second-order valence-corrected chi connectivity index (χ2v) is 13.5. The molecule has 8 rings (SSSR count). The van der Waals surface area contributed by atoms with E-state index in [9.17, 15) is 12.8 Å². The van der Waals surface area contributed by atoms with E-state index in [4.69, 9.17) is 0 Å². The van der Waals surface area contributed by atoms with Crippen LogP contribution in [-0.4, -0.2) is 57.7 Å². The van der Waals surface area contributed by atoms with Gasteiger partial charge in [-0.05, 0) is 73.1 Å². The summed E-state index contributed by atoms with van der Waals surface area (Å²) < 4.78 is 41.8. The molecule has 1 saturated heterocycles. The molecule has 0 spiro atoms. The second kappa shape index (κ2) is 9.12. The fourth-order valence-electron chi connectivity index (χ4n) is 6.71. The van der Waals surface area contributed by atoms with Crippen LogP contribution in [0.25, 0.3) is 22.3 Å². The fraction of sp³-hybridized carbons (Fsp3) is 0.464. The van der Waals surface area contributed by atoms with Gasteiger partial charge in [-0.25, -0.2) is 22.5 Å². The predicted molar refractivity (Wildman–Crippen MR) is 147 cm³/mol. The van der Waals surface area contributed by atoms with Crippen molar-refractivity contribution in [3.05, 3.63) is 60.3 Å². The number of sulfonamides is 1. The van der Waals surface area contributed by atoms with Crippen LogP contribution in [0, 0.1) is 11.3 Å². The van der Waals surface area contributed by atoms with Crippen molar-refractivity contribution in [2.24, 2.45) is 11.3 Å². The van der Waals surface area contributed by atoms with E-state index in [0.717, 1.165) is 41.5 Å². The van der Waals surface area contributed by atoms with Crippen LogP contribution in [-0.2, 0) is 23.1 Å². The number of anilines is 1. The third-order valence-corrected chi connectivity index (χ3v) is 10.8. The van der Waals surface area contributed by atoms with Crippen molar-refractivity contribution in [1.82, 2.24) is 30.0 Å². The van der Waals surface area contributed by atoms with E-state index in [-0.39, 0.29) is 17.1 Å². The third kappa shape index (κ3) is 4.41. The molecule has 1 aliphatic heterocycles. The number of hydrogen-bond donors (Lipinski definition) is 2. The number of hydrogen-bond acceptors (Lipinski definition) is 6. The van der Waals surface area contributed by atoms with E-state index < -0.39 is 16.2 Å². The summed E-state index contributed by atoms with van der Waals surface area (Å²) in [4.78, 5) is 12.2. The van der Waals surface area contributed by atoms with Crippen LogP contribution >= 0.6 is 0 Å². The van der Waals surface area contributed by atoms with Gasteiger partial charge in [0.1, 0.15) is 12.5 Å². The van der Waals surface area contributed by atoms with Gasteiger partial charge in [-0.15, -0.1) is 0 Å². The largest absolute Gasteiger partial charge is 0.357 e. The number of nitrogens with one attached hydrogen (secondary N) is 2. The maximum absolute atomic E-state index is 14.0. The zero-order chi connectivity index (χ0) is 26.8. The Bertz CT molecular complexity index is 1640. The number of pyridine rings is 1. The van der Waals surface area contributed by atoms with Gasteiger partial charge in [-0.2, -0.15) is 5.10 Å². The molecule has 39 heavy (non-hydrogen) atoms. The SMILES string of the molecule is CC(NCc1cc2ccc(Cn3cnc(-c4cncc(N5CCCS5(=O)=O)c4)n3)cc2[nH]1)C12CC(F)C(C1)C2. The summed E-state index contributed by atoms with van der Waals surface area (Å²) in [6.07, 6.45) is 7.64. The lowest BCUT2D eigenvalue weighted by molar-refractivity contribution is 0.0886. The van der Waals surface area contributed by atoms with Gasteiger partial charge in [0.15, 0.2) is 5.82 Å². The standard InChI is InChI=1S/C28H32FN7O2S/c1-18(28-10-22(11-28)25(29)12-28)31-14-23-8-20-4-3-19(7-26(20)33-23)16-35-17-32-27(34-35)21-9-24(15-30-13-21)36-5-2-6-39(36,37)38/h3-4,7-9,13,15,17-18,22,25,31,33H,2,5-6,10-12,14,16H2,1H3.